The molecule has 7 nitrogen and oxygen atoms in total. The number of carbonyl (C=O) groups excluding carboxylic acids is 1. The van der Waals surface area contributed by atoms with Gasteiger partial charge in [0.25, 0.3) is 0 Å². The molecular weight excluding hydrogens is 378 g/mol. The number of hydrogen-bond donors (Lipinski definition) is 1. The van der Waals surface area contributed by atoms with Crippen molar-refractivity contribution >= 4 is 17.5 Å². The second-order valence-corrected chi connectivity index (χ2v) is 6.43. The Kier molecular flexibility index (Phi) is 6.48. The average Bonchev–Trinajstić information content (AvgIpc) is 3.13. The van der Waals surface area contributed by atoms with Gasteiger partial charge in [-0.2, -0.15) is 9.90 Å². The molecule has 0 unspecified atom stereocenters. The summed E-state index contributed by atoms with van der Waals surface area (Å²) in [7, 11) is 0. The number of aromatic nitrogens is 4. The molecular formula is C20H22F2N6O. The van der Waals surface area contributed by atoms with Gasteiger partial charge in [-0.15, -0.1) is 5.10 Å². The second kappa shape index (κ2) is 9.22. The standard InChI is InChI=1S/C20H22F2N6O/c1-3-27(4-2)19-8-6-14(11-23-19)10-20(29)25-18-12-24-28(26-18)13-15-5-7-16(21)17(22)9-15/h5-9,11-12H,3-4,10,13H2,1-2H3,(H,25,26,29). The molecule has 0 aliphatic rings. The molecule has 0 atom stereocenters. The molecule has 1 N–H and O–H groups in total. The smallest absolute Gasteiger partial charge is 0.230 e. The predicted molar refractivity (Wildman–Crippen MR) is 106 cm³/mol. The first kappa shape index (κ1) is 20.4. The Labute approximate surface area is 167 Å². The largest absolute Gasteiger partial charge is 0.357 e. The number of carbonyl (C=O) groups is 1. The van der Waals surface area contributed by atoms with Gasteiger partial charge in [0.1, 0.15) is 5.82 Å². The maximum atomic E-state index is 13.3. The van der Waals surface area contributed by atoms with Gasteiger partial charge >= 0.3 is 0 Å². The first-order chi connectivity index (χ1) is 14.0. The van der Waals surface area contributed by atoms with Gasteiger partial charge in [-0.3, -0.25) is 4.79 Å². The normalized spacial score (nSPS) is 10.8. The number of anilines is 2. The fraction of sp³-hybridized carbons (Fsp3) is 0.300. The summed E-state index contributed by atoms with van der Waals surface area (Å²) in [6.07, 6.45) is 3.24. The van der Waals surface area contributed by atoms with E-state index < -0.39 is 11.6 Å². The Morgan fingerprint density at radius 3 is 2.48 bits per heavy atom. The van der Waals surface area contributed by atoms with Gasteiger partial charge < -0.3 is 10.2 Å². The van der Waals surface area contributed by atoms with E-state index in [1.807, 2.05) is 12.1 Å². The molecule has 1 amide bonds. The fourth-order valence-corrected chi connectivity index (χ4v) is 2.86. The quantitative estimate of drug-likeness (QED) is 0.629. The van der Waals surface area contributed by atoms with Crippen LogP contribution in [0.1, 0.15) is 25.0 Å². The lowest BCUT2D eigenvalue weighted by molar-refractivity contribution is -0.115. The molecule has 1 aromatic carbocycles. The number of pyridine rings is 1. The number of amides is 1. The highest BCUT2D eigenvalue weighted by Gasteiger charge is 2.10. The van der Waals surface area contributed by atoms with Gasteiger partial charge in [0.2, 0.25) is 5.91 Å². The fourth-order valence-electron chi connectivity index (χ4n) is 2.86. The molecule has 0 fully saturated rings. The summed E-state index contributed by atoms with van der Waals surface area (Å²) in [4.78, 5) is 20.1. The molecule has 0 aliphatic carbocycles. The third-order valence-electron chi connectivity index (χ3n) is 4.37. The second-order valence-electron chi connectivity index (χ2n) is 6.43. The van der Waals surface area contributed by atoms with Crippen molar-refractivity contribution in [2.45, 2.75) is 26.8 Å². The average molecular weight is 400 g/mol. The van der Waals surface area contributed by atoms with Crippen LogP contribution >= 0.6 is 0 Å². The van der Waals surface area contributed by atoms with E-state index in [9.17, 15) is 13.6 Å². The van der Waals surface area contributed by atoms with Gasteiger partial charge in [-0.1, -0.05) is 12.1 Å². The first-order valence-electron chi connectivity index (χ1n) is 9.32. The van der Waals surface area contributed by atoms with Crippen LogP contribution in [-0.2, 0) is 17.8 Å². The van der Waals surface area contributed by atoms with Crippen molar-refractivity contribution in [3.63, 3.8) is 0 Å². The monoisotopic (exact) mass is 400 g/mol. The maximum absolute atomic E-state index is 13.3. The summed E-state index contributed by atoms with van der Waals surface area (Å²) in [5.74, 6) is -0.926. The van der Waals surface area contributed by atoms with E-state index in [1.165, 1.54) is 17.1 Å². The molecule has 2 heterocycles. The number of hydrogen-bond acceptors (Lipinski definition) is 5. The third kappa shape index (κ3) is 5.34. The van der Waals surface area contributed by atoms with E-state index in [0.717, 1.165) is 36.6 Å². The van der Waals surface area contributed by atoms with Crippen LogP contribution in [0, 0.1) is 11.6 Å². The molecule has 0 saturated carbocycles. The van der Waals surface area contributed by atoms with Gasteiger partial charge in [-0.25, -0.2) is 13.8 Å². The van der Waals surface area contributed by atoms with Gasteiger partial charge in [-0.05, 0) is 43.2 Å². The zero-order chi connectivity index (χ0) is 20.8. The number of benzene rings is 1. The summed E-state index contributed by atoms with van der Waals surface area (Å²) in [6, 6.07) is 7.37. The van der Waals surface area contributed by atoms with E-state index >= 15 is 0 Å². The number of nitrogens with one attached hydrogen (secondary N) is 1. The molecule has 2 aromatic heterocycles. The minimum absolute atomic E-state index is 0.154. The Bertz CT molecular complexity index is 969. The lowest BCUT2D eigenvalue weighted by Gasteiger charge is -2.19. The van der Waals surface area contributed by atoms with Crippen LogP contribution < -0.4 is 10.2 Å². The van der Waals surface area contributed by atoms with Gasteiger partial charge in [0, 0.05) is 19.3 Å². The summed E-state index contributed by atoms with van der Waals surface area (Å²) < 4.78 is 26.3. The summed E-state index contributed by atoms with van der Waals surface area (Å²) in [5.41, 5.74) is 1.30. The van der Waals surface area contributed by atoms with E-state index in [-0.39, 0.29) is 24.7 Å². The topological polar surface area (TPSA) is 75.9 Å². The summed E-state index contributed by atoms with van der Waals surface area (Å²) in [6.45, 7) is 6.01. The molecule has 0 saturated heterocycles. The highest BCUT2D eigenvalue weighted by Crippen LogP contribution is 2.12. The third-order valence-corrected chi connectivity index (χ3v) is 4.37. The lowest BCUT2D eigenvalue weighted by Crippen LogP contribution is -2.23. The maximum Gasteiger partial charge on any atom is 0.230 e. The Hall–Kier alpha value is -3.36. The van der Waals surface area contributed by atoms with E-state index in [1.54, 1.807) is 6.20 Å². The first-order valence-corrected chi connectivity index (χ1v) is 9.32. The van der Waals surface area contributed by atoms with Crippen molar-refractivity contribution in [3.8, 4) is 0 Å². The highest BCUT2D eigenvalue weighted by molar-refractivity contribution is 5.91. The molecule has 0 spiro atoms. The van der Waals surface area contributed by atoms with Crippen molar-refractivity contribution in [2.24, 2.45) is 0 Å². The van der Waals surface area contributed by atoms with Crippen molar-refractivity contribution in [2.75, 3.05) is 23.3 Å². The van der Waals surface area contributed by atoms with E-state index in [2.05, 4.69) is 39.2 Å². The van der Waals surface area contributed by atoms with Gasteiger partial charge in [0.15, 0.2) is 17.5 Å². The molecule has 152 valence electrons. The minimum Gasteiger partial charge on any atom is -0.357 e. The van der Waals surface area contributed by atoms with Crippen LogP contribution in [0.2, 0.25) is 0 Å². The van der Waals surface area contributed by atoms with Crippen LogP contribution in [0.25, 0.3) is 0 Å². The predicted octanol–water partition coefficient (Wildman–Crippen LogP) is 3.03. The Morgan fingerprint density at radius 1 is 1.07 bits per heavy atom. The highest BCUT2D eigenvalue weighted by atomic mass is 19.2. The number of halogens is 2. The number of nitrogens with zero attached hydrogens (tertiary/aromatic N) is 5. The van der Waals surface area contributed by atoms with Crippen LogP contribution in [0.5, 0.6) is 0 Å². The minimum atomic E-state index is -0.927. The zero-order valence-electron chi connectivity index (χ0n) is 16.3. The van der Waals surface area contributed by atoms with Crippen LogP contribution in [0.15, 0.2) is 42.7 Å². The Morgan fingerprint density at radius 2 is 1.83 bits per heavy atom. The zero-order valence-corrected chi connectivity index (χ0v) is 16.3. The van der Waals surface area contributed by atoms with Gasteiger partial charge in [0.05, 0.1) is 19.2 Å². The lowest BCUT2D eigenvalue weighted by atomic mass is 10.2. The summed E-state index contributed by atoms with van der Waals surface area (Å²) >= 11 is 0. The Balaban J connectivity index is 1.56. The van der Waals surface area contributed by atoms with Crippen molar-refractivity contribution < 1.29 is 13.6 Å². The van der Waals surface area contributed by atoms with Crippen molar-refractivity contribution in [3.05, 3.63) is 65.5 Å². The van der Waals surface area contributed by atoms with Crippen molar-refractivity contribution in [1.82, 2.24) is 20.0 Å². The molecule has 0 bridgehead atoms. The van der Waals surface area contributed by atoms with Crippen LogP contribution in [0.4, 0.5) is 20.4 Å². The van der Waals surface area contributed by atoms with Crippen molar-refractivity contribution in [1.29, 1.82) is 0 Å². The molecule has 9 heteroatoms. The molecule has 29 heavy (non-hydrogen) atoms. The SMILES string of the molecule is CCN(CC)c1ccc(CC(=O)Nc2cnn(Cc3ccc(F)c(F)c3)n2)cn1. The molecule has 0 radical (unpaired) electrons. The number of rotatable bonds is 8. The molecule has 3 rings (SSSR count). The molecule has 0 aliphatic heterocycles. The van der Waals surface area contributed by atoms with Crippen LogP contribution in [-0.4, -0.2) is 39.0 Å². The van der Waals surface area contributed by atoms with E-state index in [4.69, 9.17) is 0 Å². The van der Waals surface area contributed by atoms with Crippen LogP contribution in [0.3, 0.4) is 0 Å². The molecule has 3 aromatic rings. The summed E-state index contributed by atoms with van der Waals surface area (Å²) in [5, 5.41) is 10.8. The van der Waals surface area contributed by atoms with E-state index in [0.29, 0.717) is 5.56 Å².